The summed E-state index contributed by atoms with van der Waals surface area (Å²) in [6, 6.07) is 0. The molecular weight excluding hydrogens is 386 g/mol. The van der Waals surface area contributed by atoms with Crippen molar-refractivity contribution in [2.45, 2.75) is 88.9 Å². The molecule has 116 valence electrons. The minimum atomic E-state index is -3.06. The first kappa shape index (κ1) is 20.3. The number of hydrogen-bond donors (Lipinski definition) is 0. The second-order valence-corrected chi connectivity index (χ2v) is 20.8. The van der Waals surface area contributed by atoms with Crippen LogP contribution in [0, 0.1) is 0 Å². The minimum absolute atomic E-state index is 0.777. The fourth-order valence-corrected chi connectivity index (χ4v) is 9.08. The van der Waals surface area contributed by atoms with Crippen LogP contribution >= 0.6 is 17.8 Å². The number of unbranched alkanes of at least 4 members (excludes halogenated alkanes) is 9. The fourth-order valence-electron chi connectivity index (χ4n) is 2.17. The van der Waals surface area contributed by atoms with Gasteiger partial charge in [-0.05, 0) is 0 Å². The van der Waals surface area contributed by atoms with E-state index in [9.17, 15) is 0 Å². The Labute approximate surface area is 132 Å². The van der Waals surface area contributed by atoms with Crippen LogP contribution < -0.4 is 0 Å². The van der Waals surface area contributed by atoms with Crippen LogP contribution in [-0.4, -0.2) is 23.1 Å². The maximum atomic E-state index is 6.21. The molecule has 1 nitrogen and oxygen atoms in total. The van der Waals surface area contributed by atoms with Crippen molar-refractivity contribution in [3.8, 4) is 0 Å². The Bertz CT molecular complexity index is 189. The Morgan fingerprint density at radius 3 is 1.63 bits per heavy atom. The summed E-state index contributed by atoms with van der Waals surface area (Å²) in [5.74, 6) is 0. The van der Waals surface area contributed by atoms with Crippen LogP contribution in [0.4, 0.5) is 0 Å². The van der Waals surface area contributed by atoms with Crippen LogP contribution in [0.25, 0.3) is 0 Å². The van der Waals surface area contributed by atoms with Crippen molar-refractivity contribution in [2.24, 2.45) is 0 Å². The van der Waals surface area contributed by atoms with Crippen molar-refractivity contribution in [3.05, 3.63) is 0 Å². The van der Waals surface area contributed by atoms with Crippen LogP contribution in [0.2, 0.25) is 4.44 Å². The molecule has 0 aliphatic rings. The molecule has 4 heteroatoms. The topological polar surface area (TPSA) is 9.23 Å². The van der Waals surface area contributed by atoms with Crippen molar-refractivity contribution in [2.75, 3.05) is 6.61 Å². The van der Waals surface area contributed by atoms with E-state index in [-0.39, 0.29) is 0 Å². The van der Waals surface area contributed by atoms with E-state index < -0.39 is 16.5 Å². The van der Waals surface area contributed by atoms with Crippen LogP contribution in [0.5, 0.6) is 0 Å². The molecule has 0 atom stereocenters. The first-order valence-corrected chi connectivity index (χ1v) is 18.6. The molecule has 0 saturated carbocycles. The Hall–Kier alpha value is 1.34. The zero-order valence-corrected chi connectivity index (χ0v) is 17.2. The van der Waals surface area contributed by atoms with Gasteiger partial charge in [-0.2, -0.15) is 0 Å². The van der Waals surface area contributed by atoms with Gasteiger partial charge in [0.2, 0.25) is 0 Å². The summed E-state index contributed by atoms with van der Waals surface area (Å²) < 4.78 is 6.60. The molecule has 0 bridgehead atoms. The van der Waals surface area contributed by atoms with Crippen molar-refractivity contribution < 1.29 is 3.07 Å². The van der Waals surface area contributed by atoms with E-state index in [0.717, 1.165) is 23.9 Å². The first-order chi connectivity index (χ1) is 9.12. The Kier molecular flexibility index (Phi) is 15.3. The Balaban J connectivity index is 3.14. The molecule has 0 rings (SSSR count). The van der Waals surface area contributed by atoms with Gasteiger partial charge in [-0.15, -0.1) is 0 Å². The van der Waals surface area contributed by atoms with Gasteiger partial charge in [0.1, 0.15) is 0 Å². The molecule has 0 aliphatic carbocycles. The molecule has 0 N–H and O–H groups in total. The summed E-state index contributed by atoms with van der Waals surface area (Å²) in [7, 11) is 12.4. The van der Waals surface area contributed by atoms with Gasteiger partial charge in [0.25, 0.3) is 0 Å². The molecule has 0 amide bonds. The van der Waals surface area contributed by atoms with E-state index in [1.54, 1.807) is 0 Å². The summed E-state index contributed by atoms with van der Waals surface area (Å²) in [4.78, 5) is 0. The Morgan fingerprint density at radius 2 is 1.16 bits per heavy atom. The van der Waals surface area contributed by atoms with Crippen LogP contribution in [-0.2, 0) is 3.07 Å². The fraction of sp³-hybridized carbons (Fsp3) is 1.00. The zero-order chi connectivity index (χ0) is 14.4. The molecule has 0 aromatic rings. The SMILES string of the molecule is CCCCCCCCCCCC[O][Sn]([Cl])([Cl])[CH2]CC. The predicted octanol–water partition coefficient (Wildman–Crippen LogP) is 6.75. The zero-order valence-electron chi connectivity index (χ0n) is 12.9. The molecule has 0 unspecified atom stereocenters. The van der Waals surface area contributed by atoms with E-state index in [2.05, 4.69) is 13.8 Å². The molecule has 19 heavy (non-hydrogen) atoms. The molecule has 0 heterocycles. The molecule has 0 spiro atoms. The second-order valence-electron chi connectivity index (χ2n) is 5.42. The van der Waals surface area contributed by atoms with Crippen LogP contribution in [0.15, 0.2) is 0 Å². The van der Waals surface area contributed by atoms with Crippen LogP contribution in [0.3, 0.4) is 0 Å². The third-order valence-electron chi connectivity index (χ3n) is 3.35. The third-order valence-corrected chi connectivity index (χ3v) is 12.2. The average Bonchev–Trinajstić information content (AvgIpc) is 2.36. The van der Waals surface area contributed by atoms with E-state index in [4.69, 9.17) is 20.9 Å². The van der Waals surface area contributed by atoms with E-state index in [1.165, 1.54) is 57.8 Å². The van der Waals surface area contributed by atoms with Gasteiger partial charge in [-0.25, -0.2) is 0 Å². The summed E-state index contributed by atoms with van der Waals surface area (Å²) in [6.45, 7) is 5.16. The maximum absolute atomic E-state index is 6.21. The van der Waals surface area contributed by atoms with Gasteiger partial charge < -0.3 is 0 Å². The van der Waals surface area contributed by atoms with Crippen molar-refractivity contribution in [3.63, 3.8) is 0 Å². The normalized spacial score (nSPS) is 12.0. The molecule has 0 aromatic carbocycles. The summed E-state index contributed by atoms with van der Waals surface area (Å²) in [6.07, 6.45) is 14.5. The van der Waals surface area contributed by atoms with Gasteiger partial charge in [-0.1, -0.05) is 6.92 Å². The molecule has 0 aliphatic heterocycles. The van der Waals surface area contributed by atoms with Crippen molar-refractivity contribution in [1.29, 1.82) is 0 Å². The van der Waals surface area contributed by atoms with E-state index in [1.807, 2.05) is 0 Å². The van der Waals surface area contributed by atoms with E-state index in [0.29, 0.717) is 0 Å². The molecule has 0 radical (unpaired) electrons. The molecular formula is C15H32Cl2OSn. The van der Waals surface area contributed by atoms with E-state index >= 15 is 0 Å². The van der Waals surface area contributed by atoms with Crippen molar-refractivity contribution >= 4 is 34.4 Å². The standard InChI is InChI=1S/C12H25O.C3H7.2ClH.Sn/c1-2-3-4-5-6-7-8-9-10-11-12-13;1-3-2;;;/h2-12H2,1H3;1,3H2,2H3;2*1H;/q-1;;;;+3/p-2. The molecule has 0 aromatic heterocycles. The summed E-state index contributed by atoms with van der Waals surface area (Å²) in [5, 5.41) is 0. The first-order valence-electron chi connectivity index (χ1n) is 8.14. The molecule has 0 fully saturated rings. The average molecular weight is 418 g/mol. The number of halogens is 2. The number of hydrogen-bond acceptors (Lipinski definition) is 1. The third kappa shape index (κ3) is 15.5. The monoisotopic (exact) mass is 418 g/mol. The van der Waals surface area contributed by atoms with Gasteiger partial charge in [0, 0.05) is 0 Å². The summed E-state index contributed by atoms with van der Waals surface area (Å²) in [5.41, 5.74) is 0. The van der Waals surface area contributed by atoms with Gasteiger partial charge in [0.05, 0.1) is 0 Å². The summed E-state index contributed by atoms with van der Waals surface area (Å²) >= 11 is -3.06. The van der Waals surface area contributed by atoms with Gasteiger partial charge in [0.15, 0.2) is 0 Å². The predicted molar refractivity (Wildman–Crippen MR) is 90.4 cm³/mol. The van der Waals surface area contributed by atoms with Crippen LogP contribution in [0.1, 0.15) is 84.5 Å². The molecule has 0 saturated heterocycles. The quantitative estimate of drug-likeness (QED) is 0.224. The number of rotatable bonds is 14. The Morgan fingerprint density at radius 1 is 0.684 bits per heavy atom. The second kappa shape index (κ2) is 14.3. The van der Waals surface area contributed by atoms with Gasteiger partial charge in [-0.3, -0.25) is 0 Å². The van der Waals surface area contributed by atoms with Gasteiger partial charge >= 0.3 is 126 Å². The van der Waals surface area contributed by atoms with Crippen molar-refractivity contribution in [1.82, 2.24) is 0 Å².